The van der Waals surface area contributed by atoms with E-state index in [1.54, 1.807) is 0 Å². The number of esters is 2. The summed E-state index contributed by atoms with van der Waals surface area (Å²) in [5.74, 6) is -0.406. The fourth-order valence-corrected chi connectivity index (χ4v) is 4.73. The van der Waals surface area contributed by atoms with Gasteiger partial charge >= 0.3 is 11.9 Å². The Morgan fingerprint density at radius 2 is 1.10 bits per heavy atom. The third kappa shape index (κ3) is 16.4. The zero-order valence-corrected chi connectivity index (χ0v) is 29.3. The molecule has 3 atom stereocenters. The lowest BCUT2D eigenvalue weighted by Gasteiger charge is -2.26. The van der Waals surface area contributed by atoms with E-state index in [1.165, 1.54) is 0 Å². The van der Waals surface area contributed by atoms with Gasteiger partial charge in [0.1, 0.15) is 13.2 Å². The molecule has 0 aromatic carbocycles. The Morgan fingerprint density at radius 3 is 1.50 bits per heavy atom. The van der Waals surface area contributed by atoms with Gasteiger partial charge in [0.2, 0.25) is 0 Å². The first-order valence-corrected chi connectivity index (χ1v) is 17.0. The summed E-state index contributed by atoms with van der Waals surface area (Å²) in [7, 11) is 0. The summed E-state index contributed by atoms with van der Waals surface area (Å²) in [5, 5.41) is 1.03. The quantitative estimate of drug-likeness (QED) is 0.0718. The van der Waals surface area contributed by atoms with Gasteiger partial charge < -0.3 is 33.5 Å². The molecule has 0 spiro atoms. The van der Waals surface area contributed by atoms with Gasteiger partial charge in [-0.3, -0.25) is 9.59 Å². The number of ether oxygens (including phenoxy) is 5. The molecule has 0 radical (unpaired) electrons. The number of carbonyl (C=O) groups excluding carboxylic acids is 2. The van der Waals surface area contributed by atoms with Crippen LogP contribution in [0.4, 0.5) is 0 Å². The van der Waals surface area contributed by atoms with Gasteiger partial charge in [-0.1, -0.05) is 59.6 Å². The first-order valence-electron chi connectivity index (χ1n) is 14.7. The normalized spacial score (nSPS) is 15.6. The SMILES string of the molecule is CCN(CC)CCOC(=O)C(C)(CBr)CCOCCOC(C)COCCC(C)(CBr)C(=O)OCCN(CC)CC. The van der Waals surface area contributed by atoms with Gasteiger partial charge in [0.05, 0.1) is 36.8 Å². The first kappa shape index (κ1) is 39.7. The van der Waals surface area contributed by atoms with Gasteiger partial charge in [0, 0.05) is 37.0 Å². The smallest absolute Gasteiger partial charge is 0.312 e. The van der Waals surface area contributed by atoms with Crippen LogP contribution < -0.4 is 0 Å². The molecule has 0 saturated heterocycles. The second-order valence-corrected chi connectivity index (χ2v) is 11.7. The molecule has 11 heteroatoms. The molecule has 0 rings (SSSR count). The molecule has 0 aromatic heterocycles. The van der Waals surface area contributed by atoms with Crippen LogP contribution in [0.25, 0.3) is 0 Å². The molecule has 3 unspecified atom stereocenters. The second kappa shape index (κ2) is 23.2. The monoisotopic (exact) mass is 702 g/mol. The number of hydrogen-bond donors (Lipinski definition) is 0. The predicted octanol–water partition coefficient (Wildman–Crippen LogP) is 4.78. The maximum atomic E-state index is 12.6. The molecule has 0 aliphatic heterocycles. The second-order valence-electron chi connectivity index (χ2n) is 10.6. The van der Waals surface area contributed by atoms with Crippen molar-refractivity contribution in [3.8, 4) is 0 Å². The number of carbonyl (C=O) groups is 2. The lowest BCUT2D eigenvalue weighted by Crippen LogP contribution is -2.35. The average Bonchev–Trinajstić information content (AvgIpc) is 2.96. The van der Waals surface area contributed by atoms with E-state index < -0.39 is 10.8 Å². The number of likely N-dealkylation sites (N-methyl/N-ethyl adjacent to an activating group) is 2. The summed E-state index contributed by atoms with van der Waals surface area (Å²) >= 11 is 6.93. The molecule has 0 heterocycles. The van der Waals surface area contributed by atoms with Gasteiger partial charge in [-0.2, -0.15) is 0 Å². The topological polar surface area (TPSA) is 86.8 Å². The third-order valence-corrected chi connectivity index (χ3v) is 9.70. The van der Waals surface area contributed by atoms with Crippen LogP contribution in [0.15, 0.2) is 0 Å². The van der Waals surface area contributed by atoms with Crippen molar-refractivity contribution in [2.45, 2.75) is 67.4 Å². The molecular formula is C29H56Br2N2O7. The molecular weight excluding hydrogens is 648 g/mol. The van der Waals surface area contributed by atoms with Crippen molar-refractivity contribution in [3.05, 3.63) is 0 Å². The third-order valence-electron chi connectivity index (χ3n) is 7.22. The lowest BCUT2D eigenvalue weighted by molar-refractivity contribution is -0.155. The number of alkyl halides is 2. The minimum atomic E-state index is -0.636. The van der Waals surface area contributed by atoms with E-state index in [4.69, 9.17) is 23.7 Å². The van der Waals surface area contributed by atoms with Gasteiger partial charge in [0.15, 0.2) is 0 Å². The highest BCUT2D eigenvalue weighted by Gasteiger charge is 2.34. The predicted molar refractivity (Wildman–Crippen MR) is 168 cm³/mol. The lowest BCUT2D eigenvalue weighted by atomic mass is 9.90. The van der Waals surface area contributed by atoms with Crippen LogP contribution in [0.2, 0.25) is 0 Å². The minimum absolute atomic E-state index is 0.103. The maximum Gasteiger partial charge on any atom is 0.312 e. The maximum absolute atomic E-state index is 12.6. The molecule has 0 saturated carbocycles. The summed E-state index contributed by atoms with van der Waals surface area (Å²) in [5.41, 5.74) is -1.27. The van der Waals surface area contributed by atoms with Gasteiger partial charge in [-0.05, 0) is 59.8 Å². The van der Waals surface area contributed by atoms with Crippen molar-refractivity contribution < 1.29 is 33.3 Å². The summed E-state index contributed by atoms with van der Waals surface area (Å²) in [6.07, 6.45) is 1.02. The molecule has 0 fully saturated rings. The van der Waals surface area contributed by atoms with E-state index in [0.29, 0.717) is 69.7 Å². The van der Waals surface area contributed by atoms with Gasteiger partial charge in [-0.25, -0.2) is 0 Å². The summed E-state index contributed by atoms with van der Waals surface area (Å²) < 4.78 is 28.4. The van der Waals surface area contributed by atoms with Crippen molar-refractivity contribution >= 4 is 43.8 Å². The van der Waals surface area contributed by atoms with Crippen LogP contribution in [-0.2, 0) is 33.3 Å². The molecule has 0 N–H and O–H groups in total. The van der Waals surface area contributed by atoms with Crippen molar-refractivity contribution in [1.82, 2.24) is 9.80 Å². The minimum Gasteiger partial charge on any atom is -0.464 e. The number of halogens is 2. The summed E-state index contributed by atoms with van der Waals surface area (Å²) in [6.45, 7) is 22.3. The van der Waals surface area contributed by atoms with Crippen molar-refractivity contribution in [1.29, 1.82) is 0 Å². The van der Waals surface area contributed by atoms with Crippen LogP contribution >= 0.6 is 31.9 Å². The molecule has 0 bridgehead atoms. The summed E-state index contributed by atoms with van der Waals surface area (Å²) in [4.78, 5) is 29.7. The van der Waals surface area contributed by atoms with Crippen LogP contribution in [0, 0.1) is 10.8 Å². The van der Waals surface area contributed by atoms with Crippen LogP contribution in [-0.4, -0.2) is 124 Å². The van der Waals surface area contributed by atoms with Crippen LogP contribution in [0.3, 0.4) is 0 Å². The van der Waals surface area contributed by atoms with E-state index in [0.717, 1.165) is 39.3 Å². The van der Waals surface area contributed by atoms with Crippen molar-refractivity contribution in [2.75, 3.05) is 96.2 Å². The van der Waals surface area contributed by atoms with E-state index in [2.05, 4.69) is 69.4 Å². The van der Waals surface area contributed by atoms with Gasteiger partial charge in [-0.15, -0.1) is 0 Å². The van der Waals surface area contributed by atoms with E-state index in [9.17, 15) is 9.59 Å². The Hall–Kier alpha value is -0.300. The highest BCUT2D eigenvalue weighted by molar-refractivity contribution is 9.09. The molecule has 238 valence electrons. The van der Waals surface area contributed by atoms with Crippen molar-refractivity contribution in [3.63, 3.8) is 0 Å². The fourth-order valence-electron chi connectivity index (χ4n) is 3.71. The van der Waals surface area contributed by atoms with Crippen LogP contribution in [0.5, 0.6) is 0 Å². The fraction of sp³-hybridized carbons (Fsp3) is 0.931. The zero-order valence-electron chi connectivity index (χ0n) is 26.1. The Bertz CT molecular complexity index is 668. The molecule has 40 heavy (non-hydrogen) atoms. The van der Waals surface area contributed by atoms with E-state index in [-0.39, 0.29) is 18.0 Å². The Morgan fingerprint density at radius 1 is 0.675 bits per heavy atom. The molecule has 0 aliphatic carbocycles. The standard InChI is InChI=1S/C29H56Br2N2O7/c1-8-32(9-2)14-18-39-26(34)28(6,23-30)12-16-36-20-21-38-25(5)22-37-17-13-29(7,24-31)27(35)40-19-15-33(10-3)11-4/h25H,8-24H2,1-7H3. The molecule has 0 aliphatic rings. The molecule has 0 aromatic rings. The zero-order chi connectivity index (χ0) is 30.4. The average molecular weight is 705 g/mol. The number of nitrogens with zero attached hydrogens (tertiary/aromatic N) is 2. The Kier molecular flexibility index (Phi) is 23.0. The number of hydrogen-bond acceptors (Lipinski definition) is 9. The van der Waals surface area contributed by atoms with E-state index in [1.807, 2.05) is 20.8 Å². The van der Waals surface area contributed by atoms with Crippen LogP contribution in [0.1, 0.15) is 61.3 Å². The highest BCUT2D eigenvalue weighted by Crippen LogP contribution is 2.27. The van der Waals surface area contributed by atoms with Gasteiger partial charge in [0.25, 0.3) is 0 Å². The Labute approximate surface area is 260 Å². The molecule has 0 amide bonds. The molecule has 9 nitrogen and oxygen atoms in total. The van der Waals surface area contributed by atoms with Crippen molar-refractivity contribution in [2.24, 2.45) is 10.8 Å². The van der Waals surface area contributed by atoms with E-state index >= 15 is 0 Å². The highest BCUT2D eigenvalue weighted by atomic mass is 79.9. The number of rotatable bonds is 26. The largest absolute Gasteiger partial charge is 0.464 e. The first-order chi connectivity index (χ1) is 19.0. The Balaban J connectivity index is 4.14. The summed E-state index contributed by atoms with van der Waals surface area (Å²) in [6, 6.07) is 0.